The van der Waals surface area contributed by atoms with Gasteiger partial charge in [0.1, 0.15) is 11.6 Å². The van der Waals surface area contributed by atoms with Gasteiger partial charge in [-0.1, -0.05) is 6.07 Å². The number of methoxy groups -OCH3 is 1. The molecule has 0 bridgehead atoms. The molecule has 4 nitrogen and oxygen atoms in total. The fourth-order valence-electron chi connectivity index (χ4n) is 2.56. The minimum absolute atomic E-state index is 0.0581. The summed E-state index contributed by atoms with van der Waals surface area (Å²) in [6, 6.07) is 5.96. The van der Waals surface area contributed by atoms with E-state index in [2.05, 4.69) is 4.72 Å². The lowest BCUT2D eigenvalue weighted by Crippen LogP contribution is -2.17. The molecule has 124 valence electrons. The quantitative estimate of drug-likeness (QED) is 0.921. The molecule has 23 heavy (non-hydrogen) atoms. The fraction of sp³-hybridized carbons (Fsp3) is 0.294. The van der Waals surface area contributed by atoms with Crippen LogP contribution in [0.15, 0.2) is 29.2 Å². The van der Waals surface area contributed by atoms with Crippen molar-refractivity contribution in [3.05, 3.63) is 52.3 Å². The summed E-state index contributed by atoms with van der Waals surface area (Å²) in [5.41, 5.74) is 2.58. The van der Waals surface area contributed by atoms with Crippen molar-refractivity contribution in [1.29, 1.82) is 0 Å². The highest BCUT2D eigenvalue weighted by molar-refractivity contribution is 7.92. The van der Waals surface area contributed by atoms with Gasteiger partial charge in [0.05, 0.1) is 17.7 Å². The molecule has 0 aromatic heterocycles. The molecule has 0 amide bonds. The van der Waals surface area contributed by atoms with E-state index >= 15 is 0 Å². The van der Waals surface area contributed by atoms with Gasteiger partial charge < -0.3 is 4.74 Å². The first-order valence-corrected chi connectivity index (χ1v) is 8.59. The Hall–Kier alpha value is -2.08. The fourth-order valence-corrected chi connectivity index (χ4v) is 4.15. The highest BCUT2D eigenvalue weighted by Gasteiger charge is 2.23. The minimum atomic E-state index is -3.91. The molecule has 2 rings (SSSR count). The Kier molecular flexibility index (Phi) is 4.66. The van der Waals surface area contributed by atoms with Crippen molar-refractivity contribution in [3.63, 3.8) is 0 Å². The van der Waals surface area contributed by atoms with Crippen molar-refractivity contribution in [1.82, 2.24) is 0 Å². The lowest BCUT2D eigenvalue weighted by Gasteiger charge is -2.17. The molecule has 0 fully saturated rings. The van der Waals surface area contributed by atoms with Gasteiger partial charge in [-0.15, -0.1) is 0 Å². The van der Waals surface area contributed by atoms with Crippen LogP contribution in [-0.4, -0.2) is 15.5 Å². The van der Waals surface area contributed by atoms with Gasteiger partial charge in [-0.05, 0) is 68.1 Å². The number of rotatable bonds is 4. The molecule has 0 atom stereocenters. The molecule has 1 N–H and O–H groups in total. The third kappa shape index (κ3) is 3.32. The van der Waals surface area contributed by atoms with Gasteiger partial charge in [0, 0.05) is 0 Å². The Morgan fingerprint density at radius 1 is 1.04 bits per heavy atom. The van der Waals surface area contributed by atoms with Gasteiger partial charge in [-0.2, -0.15) is 0 Å². The van der Waals surface area contributed by atoms with Crippen LogP contribution in [0.2, 0.25) is 0 Å². The van der Waals surface area contributed by atoms with Crippen LogP contribution in [0.1, 0.15) is 22.3 Å². The van der Waals surface area contributed by atoms with E-state index < -0.39 is 15.8 Å². The highest BCUT2D eigenvalue weighted by Crippen LogP contribution is 2.32. The standard InChI is InChI=1S/C17H20FNO3S/c1-10-6-7-14(18)15(8-10)19-23(20,21)17-11(2)9-16(22-5)12(3)13(17)4/h6-9,19H,1-5H3. The highest BCUT2D eigenvalue weighted by atomic mass is 32.2. The van der Waals surface area contributed by atoms with E-state index in [1.54, 1.807) is 39.8 Å². The van der Waals surface area contributed by atoms with Gasteiger partial charge in [0.25, 0.3) is 10.0 Å². The zero-order valence-electron chi connectivity index (χ0n) is 13.8. The van der Waals surface area contributed by atoms with Crippen LogP contribution < -0.4 is 9.46 Å². The van der Waals surface area contributed by atoms with E-state index in [1.165, 1.54) is 19.2 Å². The van der Waals surface area contributed by atoms with Gasteiger partial charge >= 0.3 is 0 Å². The Labute approximate surface area is 136 Å². The molecular weight excluding hydrogens is 317 g/mol. The van der Waals surface area contributed by atoms with E-state index in [9.17, 15) is 12.8 Å². The molecule has 0 saturated carbocycles. The predicted octanol–water partition coefficient (Wildman–Crippen LogP) is 3.87. The molecule has 0 aliphatic rings. The largest absolute Gasteiger partial charge is 0.496 e. The molecule has 0 aliphatic carbocycles. The average molecular weight is 337 g/mol. The van der Waals surface area contributed by atoms with Crippen molar-refractivity contribution >= 4 is 15.7 Å². The summed E-state index contributed by atoms with van der Waals surface area (Å²) in [4.78, 5) is 0.150. The number of hydrogen-bond acceptors (Lipinski definition) is 3. The molecule has 0 spiro atoms. The van der Waals surface area contributed by atoms with Crippen LogP contribution in [0, 0.1) is 33.5 Å². The summed E-state index contributed by atoms with van der Waals surface area (Å²) < 4.78 is 46.9. The molecule has 0 saturated heterocycles. The van der Waals surface area contributed by atoms with Crippen molar-refractivity contribution in [3.8, 4) is 5.75 Å². The van der Waals surface area contributed by atoms with Crippen LogP contribution in [0.5, 0.6) is 5.75 Å². The average Bonchev–Trinajstić information content (AvgIpc) is 2.46. The molecular formula is C17H20FNO3S. The minimum Gasteiger partial charge on any atom is -0.496 e. The SMILES string of the molecule is COc1cc(C)c(S(=O)(=O)Nc2cc(C)ccc2F)c(C)c1C. The number of aryl methyl sites for hydroxylation is 2. The summed E-state index contributed by atoms with van der Waals surface area (Å²) in [5.74, 6) is 0.0143. The van der Waals surface area contributed by atoms with Gasteiger partial charge in [-0.3, -0.25) is 4.72 Å². The molecule has 0 unspecified atom stereocenters. The zero-order valence-corrected chi connectivity index (χ0v) is 14.6. The third-order valence-corrected chi connectivity index (χ3v) is 5.49. The number of sulfonamides is 1. The maximum atomic E-state index is 13.9. The number of anilines is 1. The van der Waals surface area contributed by atoms with Crippen LogP contribution in [-0.2, 0) is 10.0 Å². The summed E-state index contributed by atoms with van der Waals surface area (Å²) in [7, 11) is -2.37. The molecule has 2 aromatic rings. The topological polar surface area (TPSA) is 55.4 Å². The zero-order chi connectivity index (χ0) is 17.4. The first kappa shape index (κ1) is 17.3. The lowest BCUT2D eigenvalue weighted by atomic mass is 10.1. The van der Waals surface area contributed by atoms with Gasteiger partial charge in [0.15, 0.2) is 0 Å². The second-order valence-corrected chi connectivity index (χ2v) is 7.18. The summed E-state index contributed by atoms with van der Waals surface area (Å²) in [6.07, 6.45) is 0. The smallest absolute Gasteiger partial charge is 0.262 e. The predicted molar refractivity (Wildman–Crippen MR) is 89.2 cm³/mol. The number of ether oxygens (including phenoxy) is 1. The first-order valence-electron chi connectivity index (χ1n) is 7.11. The van der Waals surface area contributed by atoms with E-state index in [-0.39, 0.29) is 10.6 Å². The Morgan fingerprint density at radius 3 is 2.30 bits per heavy atom. The first-order chi connectivity index (χ1) is 10.7. The molecule has 2 aromatic carbocycles. The maximum absolute atomic E-state index is 13.9. The van der Waals surface area contributed by atoms with Gasteiger partial charge in [-0.25, -0.2) is 12.8 Å². The second kappa shape index (κ2) is 6.20. The van der Waals surface area contributed by atoms with Crippen LogP contribution in [0.3, 0.4) is 0 Å². The number of benzene rings is 2. The van der Waals surface area contributed by atoms with Crippen LogP contribution in [0.4, 0.5) is 10.1 Å². The summed E-state index contributed by atoms with van der Waals surface area (Å²) in [5, 5.41) is 0. The molecule has 0 heterocycles. The summed E-state index contributed by atoms with van der Waals surface area (Å²) in [6.45, 7) is 6.97. The number of nitrogens with one attached hydrogen (secondary N) is 1. The monoisotopic (exact) mass is 337 g/mol. The lowest BCUT2D eigenvalue weighted by molar-refractivity contribution is 0.410. The second-order valence-electron chi connectivity index (χ2n) is 5.56. The van der Waals surface area contributed by atoms with E-state index in [0.29, 0.717) is 16.9 Å². The Bertz CT molecular complexity index is 861. The molecule has 0 radical (unpaired) electrons. The normalized spacial score (nSPS) is 11.4. The van der Waals surface area contributed by atoms with Crippen LogP contribution in [0.25, 0.3) is 0 Å². The van der Waals surface area contributed by atoms with E-state index in [1.807, 2.05) is 0 Å². The Balaban J connectivity index is 2.57. The number of halogens is 1. The van der Waals surface area contributed by atoms with Crippen molar-refractivity contribution < 1.29 is 17.5 Å². The van der Waals surface area contributed by atoms with Gasteiger partial charge in [0.2, 0.25) is 0 Å². The molecule has 6 heteroatoms. The Morgan fingerprint density at radius 2 is 1.70 bits per heavy atom. The van der Waals surface area contributed by atoms with Crippen molar-refractivity contribution in [2.75, 3.05) is 11.8 Å². The third-order valence-electron chi connectivity index (χ3n) is 3.83. The van der Waals surface area contributed by atoms with E-state index in [4.69, 9.17) is 4.74 Å². The maximum Gasteiger partial charge on any atom is 0.262 e. The number of hydrogen-bond donors (Lipinski definition) is 1. The van der Waals surface area contributed by atoms with Crippen molar-refractivity contribution in [2.45, 2.75) is 32.6 Å². The van der Waals surface area contributed by atoms with Crippen molar-refractivity contribution in [2.24, 2.45) is 0 Å². The van der Waals surface area contributed by atoms with E-state index in [0.717, 1.165) is 11.1 Å². The van der Waals surface area contributed by atoms with Crippen LogP contribution >= 0.6 is 0 Å². The molecule has 0 aliphatic heterocycles. The summed E-state index contributed by atoms with van der Waals surface area (Å²) >= 11 is 0.